The van der Waals surface area contributed by atoms with Crippen LogP contribution in [0.15, 0.2) is 34.9 Å². The minimum Gasteiger partial charge on any atom is -0.441 e. The molecule has 0 N–H and O–H groups in total. The van der Waals surface area contributed by atoms with Gasteiger partial charge in [0.25, 0.3) is 0 Å². The molecule has 3 rings (SSSR count). The zero-order chi connectivity index (χ0) is 16.2. The molecule has 5 nitrogen and oxygen atoms in total. The van der Waals surface area contributed by atoms with Crippen LogP contribution < -0.4 is 0 Å². The molecule has 0 spiro atoms. The second kappa shape index (κ2) is 7.15. The maximum atomic E-state index is 12.2. The van der Waals surface area contributed by atoms with Crippen molar-refractivity contribution in [1.82, 2.24) is 9.88 Å². The lowest BCUT2D eigenvalue weighted by Gasteiger charge is -2.31. The number of hydrogen-bond donors (Lipinski definition) is 0. The van der Waals surface area contributed by atoms with Crippen LogP contribution in [0.25, 0.3) is 11.3 Å². The Hall–Kier alpha value is -1.85. The lowest BCUT2D eigenvalue weighted by atomic mass is 10.2. The van der Waals surface area contributed by atoms with Crippen molar-refractivity contribution in [3.8, 4) is 11.3 Å². The predicted octanol–water partition coefficient (Wildman–Crippen LogP) is 3.17. The van der Waals surface area contributed by atoms with Gasteiger partial charge in [-0.3, -0.25) is 4.79 Å². The molecule has 1 aromatic carbocycles. The number of halogens is 1. The van der Waals surface area contributed by atoms with Crippen molar-refractivity contribution in [3.05, 3.63) is 41.4 Å². The average Bonchev–Trinajstić information content (AvgIpc) is 3.02. The zero-order valence-corrected chi connectivity index (χ0v) is 13.8. The van der Waals surface area contributed by atoms with Gasteiger partial charge in [0, 0.05) is 36.5 Å². The van der Waals surface area contributed by atoms with Crippen LogP contribution in [0.2, 0.25) is 5.02 Å². The van der Waals surface area contributed by atoms with E-state index in [1.807, 2.05) is 36.1 Å². The number of aromatic nitrogens is 1. The lowest BCUT2D eigenvalue weighted by Crippen LogP contribution is -2.44. The third-order valence-electron chi connectivity index (χ3n) is 3.83. The van der Waals surface area contributed by atoms with Gasteiger partial charge in [0.15, 0.2) is 11.7 Å². The predicted molar refractivity (Wildman–Crippen MR) is 87.3 cm³/mol. The minimum atomic E-state index is 0.103. The second-order valence-electron chi connectivity index (χ2n) is 5.65. The molecular formula is C17H19ClN2O3. The zero-order valence-electron chi connectivity index (χ0n) is 13.0. The molecular weight excluding hydrogens is 316 g/mol. The van der Waals surface area contributed by atoms with Crippen LogP contribution in [-0.4, -0.2) is 41.6 Å². The number of morpholine rings is 1. The van der Waals surface area contributed by atoms with Crippen molar-refractivity contribution in [1.29, 1.82) is 0 Å². The highest BCUT2D eigenvalue weighted by molar-refractivity contribution is 6.30. The Morgan fingerprint density at radius 2 is 2.17 bits per heavy atom. The SMILES string of the molecule is CC1CN(C(=O)CCc2ncc(-c3ccc(Cl)cc3)o2)CCO1. The summed E-state index contributed by atoms with van der Waals surface area (Å²) < 4.78 is 11.2. The van der Waals surface area contributed by atoms with Gasteiger partial charge in [-0.05, 0) is 31.2 Å². The van der Waals surface area contributed by atoms with Crippen molar-refractivity contribution in [2.75, 3.05) is 19.7 Å². The Balaban J connectivity index is 1.56. The molecule has 1 saturated heterocycles. The van der Waals surface area contributed by atoms with Crippen LogP contribution in [0, 0.1) is 0 Å². The van der Waals surface area contributed by atoms with E-state index in [1.165, 1.54) is 0 Å². The van der Waals surface area contributed by atoms with Crippen molar-refractivity contribution < 1.29 is 13.9 Å². The molecule has 0 radical (unpaired) electrons. The summed E-state index contributed by atoms with van der Waals surface area (Å²) in [4.78, 5) is 18.3. The van der Waals surface area contributed by atoms with Gasteiger partial charge in [-0.1, -0.05) is 11.6 Å². The van der Waals surface area contributed by atoms with Crippen molar-refractivity contribution >= 4 is 17.5 Å². The summed E-state index contributed by atoms with van der Waals surface area (Å²) in [6, 6.07) is 7.38. The van der Waals surface area contributed by atoms with E-state index < -0.39 is 0 Å². The highest BCUT2D eigenvalue weighted by atomic mass is 35.5. The summed E-state index contributed by atoms with van der Waals surface area (Å²) in [5, 5.41) is 0.679. The number of benzene rings is 1. The quantitative estimate of drug-likeness (QED) is 0.861. The van der Waals surface area contributed by atoms with E-state index in [0.717, 1.165) is 5.56 Å². The minimum absolute atomic E-state index is 0.103. The monoisotopic (exact) mass is 334 g/mol. The Labute approximate surface area is 140 Å². The van der Waals surface area contributed by atoms with E-state index in [0.29, 0.717) is 49.2 Å². The first-order valence-electron chi connectivity index (χ1n) is 7.72. The summed E-state index contributed by atoms with van der Waals surface area (Å²) in [5.41, 5.74) is 0.918. The molecule has 1 aromatic heterocycles. The topological polar surface area (TPSA) is 55.6 Å². The summed E-state index contributed by atoms with van der Waals surface area (Å²) in [7, 11) is 0. The normalized spacial score (nSPS) is 18.2. The van der Waals surface area contributed by atoms with E-state index in [-0.39, 0.29) is 12.0 Å². The van der Waals surface area contributed by atoms with Crippen LogP contribution in [-0.2, 0) is 16.0 Å². The van der Waals surface area contributed by atoms with E-state index in [4.69, 9.17) is 20.8 Å². The van der Waals surface area contributed by atoms with Gasteiger partial charge in [-0.15, -0.1) is 0 Å². The van der Waals surface area contributed by atoms with Crippen LogP contribution in [0.5, 0.6) is 0 Å². The summed E-state index contributed by atoms with van der Waals surface area (Å²) >= 11 is 5.88. The molecule has 23 heavy (non-hydrogen) atoms. The van der Waals surface area contributed by atoms with Gasteiger partial charge in [0.05, 0.1) is 18.9 Å². The molecule has 0 saturated carbocycles. The fourth-order valence-corrected chi connectivity index (χ4v) is 2.72. The number of oxazole rings is 1. The largest absolute Gasteiger partial charge is 0.441 e. The second-order valence-corrected chi connectivity index (χ2v) is 6.08. The van der Waals surface area contributed by atoms with Crippen LogP contribution >= 0.6 is 11.6 Å². The van der Waals surface area contributed by atoms with Crippen LogP contribution in [0.1, 0.15) is 19.2 Å². The van der Waals surface area contributed by atoms with Crippen LogP contribution in [0.3, 0.4) is 0 Å². The number of ether oxygens (including phenoxy) is 1. The van der Waals surface area contributed by atoms with Crippen molar-refractivity contribution in [3.63, 3.8) is 0 Å². The van der Waals surface area contributed by atoms with E-state index in [9.17, 15) is 4.79 Å². The highest BCUT2D eigenvalue weighted by Gasteiger charge is 2.21. The van der Waals surface area contributed by atoms with Gasteiger partial charge in [-0.25, -0.2) is 4.98 Å². The number of carbonyl (C=O) groups is 1. The molecule has 1 aliphatic heterocycles. The molecule has 0 aliphatic carbocycles. The van der Waals surface area contributed by atoms with Crippen molar-refractivity contribution in [2.45, 2.75) is 25.9 Å². The number of nitrogens with zero attached hydrogens (tertiary/aromatic N) is 2. The molecule has 1 unspecified atom stereocenters. The number of hydrogen-bond acceptors (Lipinski definition) is 4. The molecule has 1 aliphatic rings. The molecule has 1 atom stereocenters. The fraction of sp³-hybridized carbons (Fsp3) is 0.412. The van der Waals surface area contributed by atoms with Gasteiger partial charge >= 0.3 is 0 Å². The molecule has 2 heterocycles. The van der Waals surface area contributed by atoms with Crippen molar-refractivity contribution in [2.24, 2.45) is 0 Å². The Morgan fingerprint density at radius 3 is 2.91 bits per heavy atom. The molecule has 122 valence electrons. The number of rotatable bonds is 4. The van der Waals surface area contributed by atoms with E-state index in [1.54, 1.807) is 6.20 Å². The van der Waals surface area contributed by atoms with Gasteiger partial charge in [0.1, 0.15) is 0 Å². The third kappa shape index (κ3) is 4.12. The first-order valence-corrected chi connectivity index (χ1v) is 8.09. The summed E-state index contributed by atoms with van der Waals surface area (Å²) in [6.07, 6.45) is 2.68. The standard InChI is InChI=1S/C17H19ClN2O3/c1-12-11-20(8-9-22-12)17(21)7-6-16-19-10-15(23-16)13-2-4-14(18)5-3-13/h2-5,10,12H,6-9,11H2,1H3. The average molecular weight is 335 g/mol. The maximum absolute atomic E-state index is 12.2. The number of carbonyl (C=O) groups excluding carboxylic acids is 1. The fourth-order valence-electron chi connectivity index (χ4n) is 2.59. The Bertz CT molecular complexity index is 669. The van der Waals surface area contributed by atoms with Crippen LogP contribution in [0.4, 0.5) is 0 Å². The van der Waals surface area contributed by atoms with E-state index >= 15 is 0 Å². The van der Waals surface area contributed by atoms with Gasteiger partial charge < -0.3 is 14.1 Å². The van der Waals surface area contributed by atoms with Gasteiger partial charge in [-0.2, -0.15) is 0 Å². The number of aryl methyl sites for hydroxylation is 1. The lowest BCUT2D eigenvalue weighted by molar-refractivity contribution is -0.138. The summed E-state index contributed by atoms with van der Waals surface area (Å²) in [6.45, 7) is 3.89. The molecule has 2 aromatic rings. The Kier molecular flexibility index (Phi) is 4.98. The van der Waals surface area contributed by atoms with E-state index in [2.05, 4.69) is 4.98 Å². The first kappa shape index (κ1) is 16.0. The highest BCUT2D eigenvalue weighted by Crippen LogP contribution is 2.22. The third-order valence-corrected chi connectivity index (χ3v) is 4.08. The smallest absolute Gasteiger partial charge is 0.223 e. The summed E-state index contributed by atoms with van der Waals surface area (Å²) in [5.74, 6) is 1.38. The van der Waals surface area contributed by atoms with Gasteiger partial charge in [0.2, 0.25) is 5.91 Å². The molecule has 1 fully saturated rings. The first-order chi connectivity index (χ1) is 11.1. The molecule has 1 amide bonds. The maximum Gasteiger partial charge on any atom is 0.223 e. The molecule has 6 heteroatoms. The Morgan fingerprint density at radius 1 is 1.39 bits per heavy atom. The molecule has 0 bridgehead atoms. The number of amides is 1.